The molecule has 2 nitrogen and oxygen atoms in total. The number of halogens is 1. The standard InChI is InChI=1S/C14H12FNO/c1-11-7-8-13(15)14(9-11)16(17)10-12-5-3-2-4-6-12/h2-10H,1H3. The monoisotopic (exact) mass is 229 g/mol. The van der Waals surface area contributed by atoms with E-state index in [9.17, 15) is 9.60 Å². The van der Waals surface area contributed by atoms with E-state index in [-0.39, 0.29) is 5.69 Å². The molecule has 0 amide bonds. The molecule has 0 heterocycles. The van der Waals surface area contributed by atoms with Crippen LogP contribution in [0.3, 0.4) is 0 Å². The molecule has 0 atom stereocenters. The van der Waals surface area contributed by atoms with Crippen molar-refractivity contribution >= 4 is 11.9 Å². The van der Waals surface area contributed by atoms with Gasteiger partial charge in [-0.1, -0.05) is 24.3 Å². The first-order valence-corrected chi connectivity index (χ1v) is 5.29. The Morgan fingerprint density at radius 3 is 2.53 bits per heavy atom. The lowest BCUT2D eigenvalue weighted by molar-refractivity contribution is -0.357. The van der Waals surface area contributed by atoms with Gasteiger partial charge in [-0.15, -0.1) is 0 Å². The smallest absolute Gasteiger partial charge is 0.252 e. The Hall–Kier alpha value is -2.16. The SMILES string of the molecule is Cc1ccc(F)c([N+]([O-])=Cc2ccccc2)c1. The van der Waals surface area contributed by atoms with Crippen LogP contribution in [-0.4, -0.2) is 11.0 Å². The van der Waals surface area contributed by atoms with E-state index in [1.807, 2.05) is 25.1 Å². The van der Waals surface area contributed by atoms with Gasteiger partial charge in [-0.25, -0.2) is 0 Å². The fourth-order valence-corrected chi connectivity index (χ4v) is 1.54. The molecule has 0 radical (unpaired) electrons. The Kier molecular flexibility index (Phi) is 3.19. The van der Waals surface area contributed by atoms with Crippen LogP contribution < -0.4 is 0 Å². The summed E-state index contributed by atoms with van der Waals surface area (Å²) in [5, 5.41) is 11.8. The van der Waals surface area contributed by atoms with Gasteiger partial charge in [-0.3, -0.25) is 0 Å². The van der Waals surface area contributed by atoms with Gasteiger partial charge >= 0.3 is 0 Å². The van der Waals surface area contributed by atoms with Gasteiger partial charge in [0.2, 0.25) is 0 Å². The molecule has 2 rings (SSSR count). The summed E-state index contributed by atoms with van der Waals surface area (Å²) in [5.41, 5.74) is 1.63. The van der Waals surface area contributed by atoms with E-state index in [2.05, 4.69) is 0 Å². The zero-order valence-corrected chi connectivity index (χ0v) is 9.43. The van der Waals surface area contributed by atoms with Crippen LogP contribution in [0.1, 0.15) is 11.1 Å². The van der Waals surface area contributed by atoms with Crippen LogP contribution in [0.5, 0.6) is 0 Å². The molecule has 0 saturated heterocycles. The molecule has 0 aliphatic rings. The zero-order valence-electron chi connectivity index (χ0n) is 9.43. The second-order valence-corrected chi connectivity index (χ2v) is 3.82. The van der Waals surface area contributed by atoms with E-state index in [1.54, 1.807) is 18.2 Å². The lowest BCUT2D eigenvalue weighted by atomic mass is 10.2. The van der Waals surface area contributed by atoms with Gasteiger partial charge in [0, 0.05) is 11.6 Å². The molecule has 0 N–H and O–H groups in total. The summed E-state index contributed by atoms with van der Waals surface area (Å²) in [5.74, 6) is -0.516. The van der Waals surface area contributed by atoms with Gasteiger partial charge in [0.15, 0.2) is 12.0 Å². The maximum absolute atomic E-state index is 13.5. The fraction of sp³-hybridized carbons (Fsp3) is 0.0714. The van der Waals surface area contributed by atoms with Crippen LogP contribution in [0.4, 0.5) is 10.1 Å². The van der Waals surface area contributed by atoms with Crippen molar-refractivity contribution in [2.24, 2.45) is 0 Å². The summed E-state index contributed by atoms with van der Waals surface area (Å²) in [6.07, 6.45) is 1.36. The molecular formula is C14H12FNO. The number of hydrogen-bond donors (Lipinski definition) is 0. The lowest BCUT2D eigenvalue weighted by Gasteiger charge is -2.04. The Morgan fingerprint density at radius 1 is 1.12 bits per heavy atom. The Bertz CT molecular complexity index is 549. The minimum absolute atomic E-state index is 0.0360. The predicted octanol–water partition coefficient (Wildman–Crippen LogP) is 3.40. The maximum atomic E-state index is 13.5. The Morgan fingerprint density at radius 2 is 1.82 bits per heavy atom. The quantitative estimate of drug-likeness (QED) is 0.335. The molecule has 0 aliphatic heterocycles. The highest BCUT2D eigenvalue weighted by Crippen LogP contribution is 2.18. The van der Waals surface area contributed by atoms with Gasteiger partial charge in [-0.2, -0.15) is 9.13 Å². The molecule has 3 heteroatoms. The summed E-state index contributed by atoms with van der Waals surface area (Å²) in [7, 11) is 0. The summed E-state index contributed by atoms with van der Waals surface area (Å²) in [4.78, 5) is 0. The van der Waals surface area contributed by atoms with Crippen LogP contribution in [-0.2, 0) is 0 Å². The molecule has 17 heavy (non-hydrogen) atoms. The van der Waals surface area contributed by atoms with Crippen LogP contribution in [0.15, 0.2) is 48.5 Å². The molecule has 2 aromatic rings. The highest BCUT2D eigenvalue weighted by molar-refractivity contribution is 5.76. The van der Waals surface area contributed by atoms with Crippen molar-refractivity contribution in [3.8, 4) is 0 Å². The predicted molar refractivity (Wildman–Crippen MR) is 66.0 cm³/mol. The van der Waals surface area contributed by atoms with Crippen molar-refractivity contribution in [1.82, 2.24) is 0 Å². The zero-order chi connectivity index (χ0) is 12.3. The van der Waals surface area contributed by atoms with Crippen molar-refractivity contribution in [2.75, 3.05) is 0 Å². The molecule has 0 fully saturated rings. The lowest BCUT2D eigenvalue weighted by Crippen LogP contribution is -2.01. The van der Waals surface area contributed by atoms with Gasteiger partial charge in [0.25, 0.3) is 5.69 Å². The van der Waals surface area contributed by atoms with Crippen molar-refractivity contribution in [2.45, 2.75) is 6.92 Å². The second-order valence-electron chi connectivity index (χ2n) is 3.82. The molecule has 0 unspecified atom stereocenters. The van der Waals surface area contributed by atoms with E-state index in [0.29, 0.717) is 4.74 Å². The van der Waals surface area contributed by atoms with E-state index < -0.39 is 5.82 Å². The molecule has 0 aliphatic carbocycles. The average molecular weight is 229 g/mol. The van der Waals surface area contributed by atoms with Crippen LogP contribution in [0.2, 0.25) is 0 Å². The molecule has 0 bridgehead atoms. The third kappa shape index (κ3) is 2.69. The second kappa shape index (κ2) is 4.78. The van der Waals surface area contributed by atoms with Crippen LogP contribution in [0, 0.1) is 17.9 Å². The van der Waals surface area contributed by atoms with Gasteiger partial charge in [0.05, 0.1) is 0 Å². The Balaban J connectivity index is 2.40. The van der Waals surface area contributed by atoms with Gasteiger partial charge < -0.3 is 5.21 Å². The number of aryl methyl sites for hydroxylation is 1. The fourth-order valence-electron chi connectivity index (χ4n) is 1.54. The largest absolute Gasteiger partial charge is 0.618 e. The first-order chi connectivity index (χ1) is 8.16. The molecule has 86 valence electrons. The number of benzene rings is 2. The van der Waals surface area contributed by atoms with E-state index in [0.717, 1.165) is 11.1 Å². The third-order valence-electron chi connectivity index (χ3n) is 2.40. The molecule has 0 aromatic heterocycles. The van der Waals surface area contributed by atoms with E-state index in [1.165, 1.54) is 18.3 Å². The van der Waals surface area contributed by atoms with Gasteiger partial charge in [-0.05, 0) is 30.7 Å². The third-order valence-corrected chi connectivity index (χ3v) is 2.40. The van der Waals surface area contributed by atoms with E-state index >= 15 is 0 Å². The normalized spacial score (nSPS) is 11.5. The molecule has 0 spiro atoms. The summed E-state index contributed by atoms with van der Waals surface area (Å²) < 4.78 is 14.0. The van der Waals surface area contributed by atoms with Crippen molar-refractivity contribution in [1.29, 1.82) is 0 Å². The maximum Gasteiger partial charge on any atom is 0.252 e. The van der Waals surface area contributed by atoms with Crippen molar-refractivity contribution < 1.29 is 9.13 Å². The topological polar surface area (TPSA) is 26.1 Å². The molecule has 0 saturated carbocycles. The summed E-state index contributed by atoms with van der Waals surface area (Å²) in [6.45, 7) is 1.82. The Labute approximate surface area is 99.2 Å². The van der Waals surface area contributed by atoms with Crippen molar-refractivity contribution in [3.63, 3.8) is 0 Å². The minimum atomic E-state index is -0.516. The van der Waals surface area contributed by atoms with Crippen molar-refractivity contribution in [3.05, 3.63) is 70.7 Å². The molecule has 2 aromatic carbocycles. The van der Waals surface area contributed by atoms with Gasteiger partial charge in [0.1, 0.15) is 0 Å². The highest BCUT2D eigenvalue weighted by Gasteiger charge is 2.09. The number of nitrogens with zero attached hydrogens (tertiary/aromatic N) is 1. The first kappa shape index (κ1) is 11.3. The highest BCUT2D eigenvalue weighted by atomic mass is 19.1. The molecular weight excluding hydrogens is 217 g/mol. The summed E-state index contributed by atoms with van der Waals surface area (Å²) in [6, 6.07) is 13.6. The van der Waals surface area contributed by atoms with E-state index in [4.69, 9.17) is 0 Å². The minimum Gasteiger partial charge on any atom is -0.618 e. The van der Waals surface area contributed by atoms with Crippen LogP contribution >= 0.6 is 0 Å². The first-order valence-electron chi connectivity index (χ1n) is 5.29. The average Bonchev–Trinajstić information content (AvgIpc) is 2.33. The summed E-state index contributed by atoms with van der Waals surface area (Å²) >= 11 is 0. The number of rotatable bonds is 2. The number of hydrogen-bond acceptors (Lipinski definition) is 1. The van der Waals surface area contributed by atoms with Crippen LogP contribution in [0.25, 0.3) is 0 Å².